The zero-order valence-corrected chi connectivity index (χ0v) is 37.2. The molecule has 5 rings (SSSR count). The molecule has 0 bridgehead atoms. The second-order valence-electron chi connectivity index (χ2n) is 17.6. The number of alkyl carbamates (subject to hydrolysis) is 1. The Morgan fingerprint density at radius 1 is 1.00 bits per heavy atom. The summed E-state index contributed by atoms with van der Waals surface area (Å²) in [6.45, 7) is 13.5. The standard InChI is InChI=1S/C44H64N6O11/c1-12-33-44(8)37(48-41(55)60-44)26(4)34(51)24(2)22-43(7,61-42(56)50(11)47-18-17-29-13-15-30(16-14-29)31-23-45-19-20-46-31)38(27(5)35(52)28(6)39(54)58-33)59-40-36(53)32(49(9)10)21-25(3)57-40/h13-16,19-20,23-28,32-33,36-38,40,47,53H,12,17-18,21-22H2,1-11H3,(H,48,55)/t24-,25-,26+,27+,28-,32+,33-,36-,37-,38-,40+,43-,44-/m1/s1. The highest BCUT2D eigenvalue weighted by atomic mass is 16.7. The number of benzene rings is 1. The number of hydrazine groups is 1. The fourth-order valence-electron chi connectivity index (χ4n) is 9.08. The molecule has 0 aliphatic carbocycles. The number of fused-ring (bicyclic) bond motifs is 1. The summed E-state index contributed by atoms with van der Waals surface area (Å²) in [6.07, 6.45) is -0.755. The molecule has 3 fully saturated rings. The van der Waals surface area contributed by atoms with E-state index in [4.69, 9.17) is 23.7 Å². The number of carbonyl (C=O) groups is 5. The average Bonchev–Trinajstić information content (AvgIpc) is 3.55. The summed E-state index contributed by atoms with van der Waals surface area (Å²) in [4.78, 5) is 80.1. The lowest BCUT2D eigenvalue weighted by atomic mass is 9.73. The number of esters is 1. The molecule has 2 amide bonds. The molecule has 17 nitrogen and oxygen atoms in total. The first-order valence-corrected chi connectivity index (χ1v) is 21.2. The molecular weight excluding hydrogens is 789 g/mol. The lowest BCUT2D eigenvalue weighted by Crippen LogP contribution is -2.61. The van der Waals surface area contributed by atoms with E-state index >= 15 is 0 Å². The molecule has 336 valence electrons. The molecular formula is C44H64N6O11. The van der Waals surface area contributed by atoms with Gasteiger partial charge in [-0.25, -0.2) is 20.0 Å². The van der Waals surface area contributed by atoms with E-state index in [0.717, 1.165) is 16.8 Å². The van der Waals surface area contributed by atoms with Crippen molar-refractivity contribution < 1.29 is 52.8 Å². The average molecular weight is 853 g/mol. The van der Waals surface area contributed by atoms with Gasteiger partial charge in [-0.15, -0.1) is 0 Å². The maximum Gasteiger partial charge on any atom is 0.424 e. The number of aromatic nitrogens is 2. The van der Waals surface area contributed by atoms with Crippen LogP contribution in [-0.2, 0) is 44.5 Å². The number of ketones is 2. The number of cyclic esters (lactones) is 1. The Balaban J connectivity index is 1.48. The highest BCUT2D eigenvalue weighted by Crippen LogP contribution is 2.40. The van der Waals surface area contributed by atoms with Gasteiger partial charge in [-0.1, -0.05) is 52.0 Å². The summed E-state index contributed by atoms with van der Waals surface area (Å²) < 4.78 is 30.9. The number of likely N-dealkylation sites (N-methyl/N-ethyl adjacent to an activating group) is 1. The molecule has 0 spiro atoms. The number of ether oxygens (including phenoxy) is 5. The summed E-state index contributed by atoms with van der Waals surface area (Å²) in [5.74, 6) is -5.99. The van der Waals surface area contributed by atoms with Crippen molar-refractivity contribution in [2.24, 2.45) is 23.7 Å². The van der Waals surface area contributed by atoms with Gasteiger partial charge in [0.15, 0.2) is 17.7 Å². The zero-order chi connectivity index (χ0) is 45.0. The molecule has 13 atom stereocenters. The second kappa shape index (κ2) is 19.7. The lowest BCUT2D eigenvalue weighted by molar-refractivity contribution is -0.293. The van der Waals surface area contributed by atoms with Crippen LogP contribution in [0, 0.1) is 23.7 Å². The van der Waals surface area contributed by atoms with E-state index in [0.29, 0.717) is 19.4 Å². The van der Waals surface area contributed by atoms with Crippen LogP contribution in [0.25, 0.3) is 11.3 Å². The van der Waals surface area contributed by atoms with Gasteiger partial charge in [-0.3, -0.25) is 24.4 Å². The van der Waals surface area contributed by atoms with Crippen LogP contribution in [0.2, 0.25) is 0 Å². The second-order valence-corrected chi connectivity index (χ2v) is 17.6. The Morgan fingerprint density at radius 3 is 2.31 bits per heavy atom. The fourth-order valence-corrected chi connectivity index (χ4v) is 9.08. The lowest BCUT2D eigenvalue weighted by Gasteiger charge is -2.47. The van der Waals surface area contributed by atoms with E-state index in [1.165, 1.54) is 19.0 Å². The third-order valence-electron chi connectivity index (χ3n) is 12.6. The Kier molecular flexibility index (Phi) is 15.3. The fraction of sp³-hybridized carbons (Fsp3) is 0.659. The number of amides is 2. The Hall–Kier alpha value is -4.55. The van der Waals surface area contributed by atoms with Crippen molar-refractivity contribution in [1.82, 2.24) is 30.6 Å². The van der Waals surface area contributed by atoms with Gasteiger partial charge < -0.3 is 39.0 Å². The summed E-state index contributed by atoms with van der Waals surface area (Å²) in [7, 11) is 5.15. The van der Waals surface area contributed by atoms with Crippen molar-refractivity contribution in [3.63, 3.8) is 0 Å². The Morgan fingerprint density at radius 2 is 1.69 bits per heavy atom. The van der Waals surface area contributed by atoms with E-state index < -0.39 is 89.5 Å². The minimum atomic E-state index is -1.76. The van der Waals surface area contributed by atoms with Crippen molar-refractivity contribution in [2.75, 3.05) is 27.7 Å². The van der Waals surface area contributed by atoms with Crippen molar-refractivity contribution >= 4 is 29.7 Å². The molecule has 3 aliphatic rings. The Labute approximate surface area is 358 Å². The van der Waals surface area contributed by atoms with E-state index in [-0.39, 0.29) is 30.8 Å². The predicted molar refractivity (Wildman–Crippen MR) is 222 cm³/mol. The molecule has 0 radical (unpaired) electrons. The van der Waals surface area contributed by atoms with Gasteiger partial charge in [0.05, 0.1) is 24.0 Å². The quantitative estimate of drug-likeness (QED) is 0.133. The normalized spacial score (nSPS) is 35.1. The van der Waals surface area contributed by atoms with Crippen molar-refractivity contribution in [2.45, 2.75) is 135 Å². The van der Waals surface area contributed by atoms with E-state index in [9.17, 15) is 29.1 Å². The number of nitrogens with zero attached hydrogens (tertiary/aromatic N) is 4. The first-order valence-electron chi connectivity index (χ1n) is 21.2. The molecule has 61 heavy (non-hydrogen) atoms. The van der Waals surface area contributed by atoms with Crippen molar-refractivity contribution in [3.05, 3.63) is 48.4 Å². The molecule has 4 heterocycles. The monoisotopic (exact) mass is 852 g/mol. The van der Waals surface area contributed by atoms with Crippen molar-refractivity contribution in [1.29, 1.82) is 0 Å². The van der Waals surface area contributed by atoms with E-state index in [1.807, 2.05) is 50.2 Å². The number of aliphatic hydroxyl groups excluding tert-OH is 1. The maximum absolute atomic E-state index is 14.5. The minimum absolute atomic E-state index is 0.153. The van der Waals surface area contributed by atoms with Crippen molar-refractivity contribution in [3.8, 4) is 11.3 Å². The van der Waals surface area contributed by atoms with Crippen LogP contribution in [-0.4, -0.2) is 136 Å². The third kappa shape index (κ3) is 10.6. The Bertz CT molecular complexity index is 1870. The van der Waals surface area contributed by atoms with Gasteiger partial charge in [-0.05, 0) is 73.0 Å². The smallest absolute Gasteiger partial charge is 0.424 e. The number of rotatable bonds is 10. The summed E-state index contributed by atoms with van der Waals surface area (Å²) in [5.41, 5.74) is 2.53. The van der Waals surface area contributed by atoms with Gasteiger partial charge >= 0.3 is 18.2 Å². The predicted octanol–water partition coefficient (Wildman–Crippen LogP) is 4.10. The van der Waals surface area contributed by atoms with Crippen LogP contribution in [0.4, 0.5) is 9.59 Å². The largest absolute Gasteiger partial charge is 0.458 e. The summed E-state index contributed by atoms with van der Waals surface area (Å²) >= 11 is 0. The first-order chi connectivity index (χ1) is 28.7. The highest BCUT2D eigenvalue weighted by Gasteiger charge is 2.57. The molecule has 1 aromatic carbocycles. The first kappa shape index (κ1) is 47.5. The van der Waals surface area contributed by atoms with Gasteiger partial charge in [0.2, 0.25) is 0 Å². The topological polar surface area (TPSA) is 208 Å². The van der Waals surface area contributed by atoms with Crippen LogP contribution in [0.15, 0.2) is 42.9 Å². The van der Waals surface area contributed by atoms with Crippen LogP contribution in [0.3, 0.4) is 0 Å². The molecule has 0 saturated carbocycles. The number of carbonyl (C=O) groups excluding carboxylic acids is 5. The molecule has 3 saturated heterocycles. The van der Waals surface area contributed by atoms with E-state index in [1.54, 1.807) is 60.1 Å². The minimum Gasteiger partial charge on any atom is -0.458 e. The van der Waals surface area contributed by atoms with Crippen LogP contribution < -0.4 is 10.7 Å². The summed E-state index contributed by atoms with van der Waals surface area (Å²) in [5, 5.41) is 15.6. The van der Waals surface area contributed by atoms with Gasteiger partial charge in [0.1, 0.15) is 35.6 Å². The van der Waals surface area contributed by atoms with Crippen LogP contribution in [0.5, 0.6) is 0 Å². The molecule has 2 aromatic rings. The van der Waals surface area contributed by atoms with Gasteiger partial charge in [0, 0.05) is 55.3 Å². The number of aliphatic hydroxyl groups is 1. The molecule has 3 aliphatic heterocycles. The number of hydrogen-bond acceptors (Lipinski definition) is 15. The van der Waals surface area contributed by atoms with Crippen LogP contribution >= 0.6 is 0 Å². The molecule has 3 N–H and O–H groups in total. The SMILES string of the molecule is CC[C@H]1OC(=O)[C@H](C)C(=O)[C@H](C)[C@@H](O[C@@H]2O[C@H](C)C[C@H](N(C)C)[C@H]2O)[C@](C)(OC(=O)N(C)NCCc2ccc(-c3cnccn3)cc2)C[C@@H](C)C(=O)[C@H](C)[C@H]2NC(=O)O[C@@]21C. The van der Waals surface area contributed by atoms with Gasteiger partial charge in [-0.2, -0.15) is 0 Å². The maximum atomic E-state index is 14.5. The van der Waals surface area contributed by atoms with E-state index in [2.05, 4.69) is 20.7 Å². The van der Waals surface area contributed by atoms with Crippen LogP contribution in [0.1, 0.15) is 80.2 Å². The zero-order valence-electron chi connectivity index (χ0n) is 37.2. The number of nitrogens with one attached hydrogen (secondary N) is 2. The highest BCUT2D eigenvalue weighted by molar-refractivity contribution is 6.00. The number of Topliss-reactive ketones (excluding diaryl/α,β-unsaturated/α-hetero) is 2. The number of hydrogen-bond donors (Lipinski definition) is 3. The third-order valence-corrected chi connectivity index (χ3v) is 12.6. The molecule has 1 aromatic heterocycles. The summed E-state index contributed by atoms with van der Waals surface area (Å²) in [6, 6.07) is 6.54. The molecule has 0 unspecified atom stereocenters. The molecule has 17 heteroatoms. The van der Waals surface area contributed by atoms with Gasteiger partial charge in [0.25, 0.3) is 0 Å².